The molecule has 0 saturated carbocycles. The number of hydrogen-bond donors (Lipinski definition) is 0. The molecule has 0 aliphatic rings. The highest BCUT2D eigenvalue weighted by atomic mass is 16.5. The summed E-state index contributed by atoms with van der Waals surface area (Å²) >= 11 is 0. The molecule has 3 nitrogen and oxygen atoms in total. The van der Waals surface area contributed by atoms with Crippen LogP contribution in [0.4, 0.5) is 5.69 Å². The molecule has 0 aliphatic heterocycles. The lowest BCUT2D eigenvalue weighted by atomic mass is 10.1. The predicted octanol–water partition coefficient (Wildman–Crippen LogP) is 3.88. The van der Waals surface area contributed by atoms with Crippen LogP contribution in [0.25, 0.3) is 0 Å². The van der Waals surface area contributed by atoms with Crippen LogP contribution in [0.1, 0.15) is 49.9 Å². The van der Waals surface area contributed by atoms with Gasteiger partial charge >= 0.3 is 5.97 Å². The topological polar surface area (TPSA) is 29.5 Å². The molecule has 0 saturated heterocycles. The third kappa shape index (κ3) is 4.93. The van der Waals surface area contributed by atoms with Crippen LogP contribution >= 0.6 is 0 Å². The van der Waals surface area contributed by atoms with Gasteiger partial charge in [0.25, 0.3) is 0 Å². The second-order valence-electron chi connectivity index (χ2n) is 5.02. The van der Waals surface area contributed by atoms with E-state index >= 15 is 0 Å². The quantitative estimate of drug-likeness (QED) is 0.699. The fourth-order valence-electron chi connectivity index (χ4n) is 1.89. The van der Waals surface area contributed by atoms with E-state index in [0.29, 0.717) is 5.56 Å². The zero-order chi connectivity index (χ0) is 14.3. The van der Waals surface area contributed by atoms with Crippen molar-refractivity contribution >= 4 is 11.7 Å². The Balaban J connectivity index is 2.61. The second kappa shape index (κ2) is 7.82. The summed E-state index contributed by atoms with van der Waals surface area (Å²) in [6.45, 7) is 4.21. The van der Waals surface area contributed by atoms with Gasteiger partial charge in [-0.3, -0.25) is 0 Å². The molecule has 0 spiro atoms. The number of anilines is 1. The molecule has 0 radical (unpaired) electrons. The summed E-state index contributed by atoms with van der Waals surface area (Å²) in [6.07, 6.45) is 4.11. The third-order valence-electron chi connectivity index (χ3n) is 3.23. The van der Waals surface area contributed by atoms with Gasteiger partial charge in [0.15, 0.2) is 0 Å². The first kappa shape index (κ1) is 15.5. The van der Waals surface area contributed by atoms with Crippen LogP contribution < -0.4 is 4.90 Å². The Bertz CT molecular complexity index is 384. The lowest BCUT2D eigenvalue weighted by Crippen LogP contribution is -2.17. The van der Waals surface area contributed by atoms with Gasteiger partial charge in [0.1, 0.15) is 6.10 Å². The van der Waals surface area contributed by atoms with Crippen molar-refractivity contribution in [3.8, 4) is 0 Å². The summed E-state index contributed by atoms with van der Waals surface area (Å²) in [5.41, 5.74) is 1.70. The van der Waals surface area contributed by atoms with Crippen LogP contribution in [-0.2, 0) is 4.74 Å². The van der Waals surface area contributed by atoms with Crippen LogP contribution in [0.5, 0.6) is 0 Å². The lowest BCUT2D eigenvalue weighted by molar-refractivity contribution is 0.0268. The number of esters is 1. The second-order valence-corrected chi connectivity index (χ2v) is 5.02. The van der Waals surface area contributed by atoms with E-state index in [-0.39, 0.29) is 12.1 Å². The minimum Gasteiger partial charge on any atom is -0.459 e. The monoisotopic (exact) mass is 263 g/mol. The minimum absolute atomic E-state index is 0.0426. The smallest absolute Gasteiger partial charge is 0.338 e. The van der Waals surface area contributed by atoms with Gasteiger partial charge in [0.2, 0.25) is 0 Å². The molecule has 0 bridgehead atoms. The summed E-state index contributed by atoms with van der Waals surface area (Å²) in [7, 11) is 3.95. The minimum atomic E-state index is -0.215. The van der Waals surface area contributed by atoms with Crippen molar-refractivity contribution in [1.82, 2.24) is 0 Å². The van der Waals surface area contributed by atoms with E-state index in [0.717, 1.165) is 31.4 Å². The van der Waals surface area contributed by atoms with Crippen molar-refractivity contribution in [2.45, 2.75) is 45.6 Å². The maximum absolute atomic E-state index is 12.0. The Labute approximate surface area is 116 Å². The van der Waals surface area contributed by atoms with Crippen molar-refractivity contribution in [2.24, 2.45) is 0 Å². The molecular formula is C16H25NO2. The van der Waals surface area contributed by atoms with Gasteiger partial charge < -0.3 is 9.64 Å². The van der Waals surface area contributed by atoms with Crippen LogP contribution in [0.15, 0.2) is 24.3 Å². The Kier molecular flexibility index (Phi) is 6.40. The van der Waals surface area contributed by atoms with Crippen molar-refractivity contribution < 1.29 is 9.53 Å². The Morgan fingerprint density at radius 2 is 1.84 bits per heavy atom. The number of unbranched alkanes of at least 4 members (excludes halogenated alkanes) is 1. The fourth-order valence-corrected chi connectivity index (χ4v) is 1.89. The number of rotatable bonds is 7. The molecule has 0 heterocycles. The Morgan fingerprint density at radius 1 is 1.21 bits per heavy atom. The summed E-state index contributed by atoms with van der Waals surface area (Å²) in [5.74, 6) is -0.215. The molecule has 1 atom stereocenters. The molecule has 0 amide bonds. The van der Waals surface area contributed by atoms with E-state index in [1.54, 1.807) is 0 Å². The number of carbonyl (C=O) groups excluding carboxylic acids is 1. The molecular weight excluding hydrogens is 238 g/mol. The van der Waals surface area contributed by atoms with Gasteiger partial charge in [-0.1, -0.05) is 26.7 Å². The maximum atomic E-state index is 12.0. The van der Waals surface area contributed by atoms with Gasteiger partial charge in [0, 0.05) is 19.8 Å². The number of benzene rings is 1. The lowest BCUT2D eigenvalue weighted by Gasteiger charge is -2.16. The average molecular weight is 263 g/mol. The highest BCUT2D eigenvalue weighted by Crippen LogP contribution is 2.15. The van der Waals surface area contributed by atoms with Gasteiger partial charge in [-0.2, -0.15) is 0 Å². The summed E-state index contributed by atoms with van der Waals surface area (Å²) < 4.78 is 5.54. The number of nitrogens with zero attached hydrogens (tertiary/aromatic N) is 1. The zero-order valence-corrected chi connectivity index (χ0v) is 12.5. The SMILES string of the molecule is CCCCC(CC)OC(=O)c1ccc(N(C)C)cc1. The first-order valence-corrected chi connectivity index (χ1v) is 7.06. The van der Waals surface area contributed by atoms with Crippen molar-refractivity contribution in [2.75, 3.05) is 19.0 Å². The number of hydrogen-bond acceptors (Lipinski definition) is 3. The Hall–Kier alpha value is -1.51. The number of ether oxygens (including phenoxy) is 1. The van der Waals surface area contributed by atoms with E-state index in [2.05, 4.69) is 13.8 Å². The van der Waals surface area contributed by atoms with Gasteiger partial charge in [-0.15, -0.1) is 0 Å². The van der Waals surface area contributed by atoms with Gasteiger partial charge in [-0.05, 0) is 37.1 Å². The summed E-state index contributed by atoms with van der Waals surface area (Å²) in [6, 6.07) is 7.52. The largest absolute Gasteiger partial charge is 0.459 e. The van der Waals surface area contributed by atoms with E-state index < -0.39 is 0 Å². The van der Waals surface area contributed by atoms with Crippen LogP contribution in [0, 0.1) is 0 Å². The highest BCUT2D eigenvalue weighted by Gasteiger charge is 2.14. The first-order chi connectivity index (χ1) is 9.08. The summed E-state index contributed by atoms with van der Waals surface area (Å²) in [5, 5.41) is 0. The zero-order valence-electron chi connectivity index (χ0n) is 12.5. The maximum Gasteiger partial charge on any atom is 0.338 e. The Morgan fingerprint density at radius 3 is 2.32 bits per heavy atom. The van der Waals surface area contributed by atoms with Crippen molar-refractivity contribution in [1.29, 1.82) is 0 Å². The van der Waals surface area contributed by atoms with Crippen molar-refractivity contribution in [3.63, 3.8) is 0 Å². The number of carbonyl (C=O) groups is 1. The average Bonchev–Trinajstić information content (AvgIpc) is 2.43. The van der Waals surface area contributed by atoms with E-state index in [1.165, 1.54) is 0 Å². The highest BCUT2D eigenvalue weighted by molar-refractivity contribution is 5.89. The molecule has 3 heteroatoms. The molecule has 0 fully saturated rings. The third-order valence-corrected chi connectivity index (χ3v) is 3.23. The van der Waals surface area contributed by atoms with Crippen molar-refractivity contribution in [3.05, 3.63) is 29.8 Å². The molecule has 1 rings (SSSR count). The first-order valence-electron chi connectivity index (χ1n) is 7.06. The molecule has 0 aliphatic carbocycles. The molecule has 19 heavy (non-hydrogen) atoms. The normalized spacial score (nSPS) is 12.0. The molecule has 1 aromatic rings. The standard InChI is InChI=1S/C16H25NO2/c1-5-7-8-15(6-2)19-16(18)13-9-11-14(12-10-13)17(3)4/h9-12,15H,5-8H2,1-4H3. The van der Waals surface area contributed by atoms with E-state index in [9.17, 15) is 4.79 Å². The van der Waals surface area contributed by atoms with Crippen LogP contribution in [-0.4, -0.2) is 26.2 Å². The van der Waals surface area contributed by atoms with Gasteiger partial charge in [-0.25, -0.2) is 4.79 Å². The molecule has 0 aromatic heterocycles. The van der Waals surface area contributed by atoms with Crippen LogP contribution in [0.2, 0.25) is 0 Å². The van der Waals surface area contributed by atoms with E-state index in [4.69, 9.17) is 4.74 Å². The molecule has 0 N–H and O–H groups in total. The fraction of sp³-hybridized carbons (Fsp3) is 0.562. The van der Waals surface area contributed by atoms with E-state index in [1.807, 2.05) is 43.3 Å². The molecule has 1 unspecified atom stereocenters. The molecule has 1 aromatic carbocycles. The predicted molar refractivity (Wildman–Crippen MR) is 79.8 cm³/mol. The molecule has 106 valence electrons. The van der Waals surface area contributed by atoms with Gasteiger partial charge in [0.05, 0.1) is 5.56 Å². The van der Waals surface area contributed by atoms with Crippen LogP contribution in [0.3, 0.4) is 0 Å². The summed E-state index contributed by atoms with van der Waals surface area (Å²) in [4.78, 5) is 14.0.